The average molecular weight is 313 g/mol. The number of H-pyrrole nitrogens is 1. The molecule has 4 atom stereocenters. The third kappa shape index (κ3) is 2.11. The van der Waals surface area contributed by atoms with Crippen molar-refractivity contribution < 1.29 is 14.9 Å². The number of nitrogens with zero attached hydrogens (tertiary/aromatic N) is 3. The van der Waals surface area contributed by atoms with E-state index >= 15 is 0 Å². The summed E-state index contributed by atoms with van der Waals surface area (Å²) in [7, 11) is 0. The summed E-state index contributed by atoms with van der Waals surface area (Å²) >= 11 is 4.07. The Bertz CT molecular complexity index is 744. The Kier molecular flexibility index (Phi) is 3.40. The van der Waals surface area contributed by atoms with E-state index in [1.54, 1.807) is 6.92 Å². The molecule has 2 aromatic heterocycles. The lowest BCUT2D eigenvalue weighted by Crippen LogP contribution is -2.32. The van der Waals surface area contributed by atoms with Gasteiger partial charge in [-0.15, -0.1) is 0 Å². The van der Waals surface area contributed by atoms with Crippen LogP contribution in [0, 0.1) is 6.92 Å². The quantitative estimate of drug-likeness (QED) is 0.428. The van der Waals surface area contributed by atoms with Gasteiger partial charge in [-0.1, -0.05) is 0 Å². The zero-order chi connectivity index (χ0) is 15.3. The Hall–Kier alpha value is -1.62. The molecule has 1 saturated heterocycles. The second-order valence-electron chi connectivity index (χ2n) is 4.88. The first kappa shape index (κ1) is 14.3. The van der Waals surface area contributed by atoms with E-state index in [0.717, 1.165) is 0 Å². The number of rotatable bonds is 2. The maximum Gasteiger partial charge on any atom is 0.280 e. The second kappa shape index (κ2) is 4.98. The van der Waals surface area contributed by atoms with Crippen LogP contribution in [0.2, 0.25) is 0 Å². The molecule has 0 aliphatic carbocycles. The fourth-order valence-corrected chi connectivity index (χ4v) is 2.81. The number of fused-ring (bicyclic) bond motifs is 1. The molecule has 21 heavy (non-hydrogen) atoms. The first-order chi connectivity index (χ1) is 9.93. The molecule has 0 unspecified atom stereocenters. The Balaban J connectivity index is 2.17. The fourth-order valence-electron chi connectivity index (χ4n) is 2.51. The van der Waals surface area contributed by atoms with E-state index in [0.29, 0.717) is 5.82 Å². The van der Waals surface area contributed by atoms with E-state index in [4.69, 9.17) is 10.5 Å². The van der Waals surface area contributed by atoms with Crippen molar-refractivity contribution in [2.45, 2.75) is 31.5 Å². The van der Waals surface area contributed by atoms with Crippen LogP contribution >= 0.6 is 12.6 Å². The van der Waals surface area contributed by atoms with Crippen LogP contribution in [0.5, 0.6) is 0 Å². The summed E-state index contributed by atoms with van der Waals surface area (Å²) in [5.41, 5.74) is 5.37. The van der Waals surface area contributed by atoms with Gasteiger partial charge in [0.1, 0.15) is 18.0 Å². The normalized spacial score (nSPS) is 29.3. The van der Waals surface area contributed by atoms with Crippen molar-refractivity contribution in [2.75, 3.05) is 11.5 Å². The number of nitrogen functional groups attached to an aromatic ring is 1. The number of aromatic nitrogens is 4. The maximum atomic E-state index is 11.8. The van der Waals surface area contributed by atoms with Crippen LogP contribution in [0.25, 0.3) is 11.2 Å². The number of ether oxygens (including phenoxy) is 1. The summed E-state index contributed by atoms with van der Waals surface area (Å²) in [5, 5.41) is 20.1. The Labute approximate surface area is 124 Å². The molecule has 0 amide bonds. The van der Waals surface area contributed by atoms with Crippen molar-refractivity contribution >= 4 is 29.7 Å². The number of aryl methyl sites for hydroxylation is 1. The molecule has 0 spiro atoms. The number of hydrogen-bond acceptors (Lipinski definition) is 8. The van der Waals surface area contributed by atoms with Crippen molar-refractivity contribution in [3.8, 4) is 0 Å². The lowest BCUT2D eigenvalue weighted by atomic mass is 10.1. The van der Waals surface area contributed by atoms with Crippen molar-refractivity contribution in [1.82, 2.24) is 19.5 Å². The van der Waals surface area contributed by atoms with Crippen molar-refractivity contribution in [1.29, 1.82) is 0 Å². The molecule has 3 heterocycles. The van der Waals surface area contributed by atoms with Gasteiger partial charge in [0.15, 0.2) is 17.4 Å². The van der Waals surface area contributed by atoms with Gasteiger partial charge in [0.2, 0.25) is 5.95 Å². The number of aliphatic hydroxyl groups is 2. The van der Waals surface area contributed by atoms with Crippen LogP contribution < -0.4 is 11.3 Å². The van der Waals surface area contributed by atoms with Gasteiger partial charge in [0.25, 0.3) is 5.56 Å². The SMILES string of the molecule is Cc1nc2c(=O)[nH]c(N)nc2n1[C@@H]1O[C@H](CS)[C@@H](O)[C@H]1O. The highest BCUT2D eigenvalue weighted by Gasteiger charge is 2.44. The highest BCUT2D eigenvalue weighted by molar-refractivity contribution is 7.80. The summed E-state index contributed by atoms with van der Waals surface area (Å²) in [6, 6.07) is 0. The first-order valence-corrected chi connectivity index (χ1v) is 6.94. The Morgan fingerprint density at radius 1 is 1.43 bits per heavy atom. The predicted octanol–water partition coefficient (Wildman–Crippen LogP) is -1.44. The Morgan fingerprint density at radius 3 is 2.76 bits per heavy atom. The molecule has 0 radical (unpaired) electrons. The molecular formula is C11H15N5O4S. The molecule has 10 heteroatoms. The van der Waals surface area contributed by atoms with Gasteiger partial charge in [-0.25, -0.2) is 4.98 Å². The van der Waals surface area contributed by atoms with Crippen LogP contribution in [-0.2, 0) is 4.74 Å². The Morgan fingerprint density at radius 2 is 2.14 bits per heavy atom. The summed E-state index contributed by atoms with van der Waals surface area (Å²) in [4.78, 5) is 22.3. The molecule has 3 rings (SSSR count). The summed E-state index contributed by atoms with van der Waals surface area (Å²) in [5.74, 6) is 0.605. The van der Waals surface area contributed by atoms with Crippen molar-refractivity contribution in [3.05, 3.63) is 16.2 Å². The predicted molar refractivity (Wildman–Crippen MR) is 77.1 cm³/mol. The summed E-state index contributed by atoms with van der Waals surface area (Å²) in [6.45, 7) is 1.65. The molecular weight excluding hydrogens is 298 g/mol. The first-order valence-electron chi connectivity index (χ1n) is 6.30. The molecule has 9 nitrogen and oxygen atoms in total. The van der Waals surface area contributed by atoms with Crippen LogP contribution in [0.3, 0.4) is 0 Å². The molecule has 1 fully saturated rings. The minimum absolute atomic E-state index is 0.0626. The van der Waals surface area contributed by atoms with Gasteiger partial charge in [0.05, 0.1) is 6.10 Å². The number of aromatic amines is 1. The number of anilines is 1. The van der Waals surface area contributed by atoms with Crippen LogP contribution in [0.1, 0.15) is 12.1 Å². The highest BCUT2D eigenvalue weighted by atomic mass is 32.1. The monoisotopic (exact) mass is 313 g/mol. The van der Waals surface area contributed by atoms with E-state index in [9.17, 15) is 15.0 Å². The van der Waals surface area contributed by atoms with Crippen LogP contribution in [-0.4, -0.2) is 53.8 Å². The van der Waals surface area contributed by atoms with E-state index in [2.05, 4.69) is 27.6 Å². The minimum atomic E-state index is -1.18. The molecule has 5 N–H and O–H groups in total. The third-order valence-electron chi connectivity index (χ3n) is 3.52. The molecule has 114 valence electrons. The molecule has 2 aromatic rings. The van der Waals surface area contributed by atoms with Gasteiger partial charge in [-0.2, -0.15) is 17.6 Å². The second-order valence-corrected chi connectivity index (χ2v) is 5.25. The van der Waals surface area contributed by atoms with E-state index < -0.39 is 30.1 Å². The highest BCUT2D eigenvalue weighted by Crippen LogP contribution is 2.32. The standard InChI is InChI=1S/C11H15N5O4S/c1-3-13-5-8(14-11(12)15-9(5)19)16(3)10-7(18)6(17)4(2-21)20-10/h4,6-7,10,17-18,21H,2H2,1H3,(H3,12,14,15,19)/t4-,6-,7-,10-/m1/s1. The number of nitrogens with one attached hydrogen (secondary N) is 1. The van der Waals surface area contributed by atoms with Gasteiger partial charge in [-0.05, 0) is 6.92 Å². The van der Waals surface area contributed by atoms with Gasteiger partial charge < -0.3 is 20.7 Å². The molecule has 0 saturated carbocycles. The van der Waals surface area contributed by atoms with Crippen LogP contribution in [0.4, 0.5) is 5.95 Å². The third-order valence-corrected chi connectivity index (χ3v) is 3.88. The maximum absolute atomic E-state index is 11.8. The number of nitrogens with two attached hydrogens (primary N) is 1. The zero-order valence-corrected chi connectivity index (χ0v) is 12.0. The van der Waals surface area contributed by atoms with E-state index in [1.165, 1.54) is 4.57 Å². The minimum Gasteiger partial charge on any atom is -0.387 e. The summed E-state index contributed by atoms with van der Waals surface area (Å²) < 4.78 is 7.06. The number of aliphatic hydroxyl groups excluding tert-OH is 2. The molecule has 0 aromatic carbocycles. The van der Waals surface area contributed by atoms with E-state index in [1.807, 2.05) is 0 Å². The number of thiol groups is 1. The topological polar surface area (TPSA) is 139 Å². The van der Waals surface area contributed by atoms with Gasteiger partial charge in [0, 0.05) is 5.75 Å². The van der Waals surface area contributed by atoms with Gasteiger partial charge in [-0.3, -0.25) is 14.3 Å². The van der Waals surface area contributed by atoms with Crippen LogP contribution in [0.15, 0.2) is 4.79 Å². The van der Waals surface area contributed by atoms with E-state index in [-0.39, 0.29) is 22.9 Å². The zero-order valence-electron chi connectivity index (χ0n) is 11.1. The van der Waals surface area contributed by atoms with Crippen molar-refractivity contribution in [3.63, 3.8) is 0 Å². The average Bonchev–Trinajstić information content (AvgIpc) is 2.89. The number of hydrogen-bond donors (Lipinski definition) is 5. The largest absolute Gasteiger partial charge is 0.387 e. The summed E-state index contributed by atoms with van der Waals surface area (Å²) in [6.07, 6.45) is -3.79. The number of imidazole rings is 1. The lowest BCUT2D eigenvalue weighted by Gasteiger charge is -2.18. The molecule has 1 aliphatic rings. The van der Waals surface area contributed by atoms with Crippen molar-refractivity contribution in [2.24, 2.45) is 0 Å². The lowest BCUT2D eigenvalue weighted by molar-refractivity contribution is -0.0299. The molecule has 0 bridgehead atoms. The molecule has 1 aliphatic heterocycles. The smallest absolute Gasteiger partial charge is 0.280 e. The van der Waals surface area contributed by atoms with Gasteiger partial charge >= 0.3 is 0 Å². The fraction of sp³-hybridized carbons (Fsp3) is 0.545.